The molecule has 2 aromatic heterocycles. The predicted octanol–water partition coefficient (Wildman–Crippen LogP) is 15.3. The third-order valence-corrected chi connectivity index (χ3v) is 13.3. The van der Waals surface area contributed by atoms with E-state index in [4.69, 9.17) is 15.0 Å². The van der Waals surface area contributed by atoms with E-state index in [0.717, 1.165) is 33.2 Å². The molecule has 272 valence electrons. The minimum absolute atomic E-state index is 0.641. The molecule has 0 amide bonds. The standard InChI is InChI=1S/C55H31N3S/c1-2-10-32(11-3-1)36-15-6-16-38(28-36)53-56-54(39-26-27-48-45(30-39)41-17-4-5-21-47(41)59-48)58-55(57-53)40-29-37-25-24-35-13-8-19-43-42-18-7-12-33-22-23-34-14-9-20-44(51(34)49(33)42)46(31-40)52(37)50(35)43/h1-31H. The smallest absolute Gasteiger partial charge is 0.164 e. The van der Waals surface area contributed by atoms with Gasteiger partial charge in [-0.2, -0.15) is 0 Å². The Bertz CT molecular complexity index is 3840. The van der Waals surface area contributed by atoms with Crippen molar-refractivity contribution in [3.8, 4) is 45.3 Å². The monoisotopic (exact) mass is 765 g/mol. The molecule has 0 saturated carbocycles. The van der Waals surface area contributed by atoms with Crippen LogP contribution < -0.4 is 0 Å². The van der Waals surface area contributed by atoms with Crippen molar-refractivity contribution < 1.29 is 0 Å². The summed E-state index contributed by atoms with van der Waals surface area (Å²) in [5.41, 5.74) is 5.12. The first kappa shape index (κ1) is 32.5. The first-order valence-corrected chi connectivity index (χ1v) is 20.8. The second-order valence-corrected chi connectivity index (χ2v) is 16.6. The van der Waals surface area contributed by atoms with Gasteiger partial charge in [0.25, 0.3) is 0 Å². The Morgan fingerprint density at radius 2 is 0.729 bits per heavy atom. The first-order chi connectivity index (χ1) is 29.2. The van der Waals surface area contributed by atoms with Crippen molar-refractivity contribution in [1.82, 2.24) is 15.0 Å². The second-order valence-electron chi connectivity index (χ2n) is 15.5. The van der Waals surface area contributed by atoms with E-state index in [1.807, 2.05) is 11.3 Å². The molecule has 0 bridgehead atoms. The summed E-state index contributed by atoms with van der Waals surface area (Å²) in [6.07, 6.45) is 0. The fourth-order valence-corrected chi connectivity index (χ4v) is 10.6. The Hall–Kier alpha value is -7.53. The summed E-state index contributed by atoms with van der Waals surface area (Å²) in [4.78, 5) is 16.0. The molecule has 0 unspecified atom stereocenters. The number of benzene rings is 10. The summed E-state index contributed by atoms with van der Waals surface area (Å²) >= 11 is 1.82. The summed E-state index contributed by atoms with van der Waals surface area (Å²) in [5.74, 6) is 1.93. The van der Waals surface area contributed by atoms with Gasteiger partial charge in [-0.3, -0.25) is 0 Å². The molecule has 2 heterocycles. The predicted molar refractivity (Wildman–Crippen MR) is 251 cm³/mol. The molecular formula is C55H31N3S. The van der Waals surface area contributed by atoms with Crippen molar-refractivity contribution in [3.05, 3.63) is 188 Å². The van der Waals surface area contributed by atoms with Crippen LogP contribution in [-0.4, -0.2) is 15.0 Å². The van der Waals surface area contributed by atoms with Gasteiger partial charge in [0.15, 0.2) is 17.5 Å². The van der Waals surface area contributed by atoms with Crippen molar-refractivity contribution in [1.29, 1.82) is 0 Å². The van der Waals surface area contributed by atoms with Crippen LogP contribution in [0.4, 0.5) is 0 Å². The number of hydrogen-bond donors (Lipinski definition) is 0. The summed E-state index contributed by atoms with van der Waals surface area (Å²) < 4.78 is 2.52. The van der Waals surface area contributed by atoms with Crippen LogP contribution in [-0.2, 0) is 0 Å². The molecule has 13 aromatic rings. The highest BCUT2D eigenvalue weighted by Gasteiger charge is 2.19. The van der Waals surface area contributed by atoms with Crippen molar-refractivity contribution in [2.24, 2.45) is 0 Å². The average Bonchev–Trinajstić information content (AvgIpc) is 3.68. The van der Waals surface area contributed by atoms with Crippen LogP contribution in [0.2, 0.25) is 0 Å². The Balaban J connectivity index is 1.13. The van der Waals surface area contributed by atoms with Gasteiger partial charge in [0.05, 0.1) is 0 Å². The molecule has 0 spiro atoms. The van der Waals surface area contributed by atoms with E-state index < -0.39 is 0 Å². The Morgan fingerprint density at radius 3 is 1.42 bits per heavy atom. The zero-order valence-corrected chi connectivity index (χ0v) is 32.5. The maximum Gasteiger partial charge on any atom is 0.164 e. The molecular weight excluding hydrogens is 735 g/mol. The third-order valence-electron chi connectivity index (χ3n) is 12.2. The Morgan fingerprint density at radius 1 is 0.254 bits per heavy atom. The number of aromatic nitrogens is 3. The van der Waals surface area contributed by atoms with Gasteiger partial charge in [0, 0.05) is 36.9 Å². The molecule has 13 rings (SSSR count). The van der Waals surface area contributed by atoms with Crippen molar-refractivity contribution >= 4 is 96.1 Å². The minimum atomic E-state index is 0.641. The zero-order valence-electron chi connectivity index (χ0n) is 31.6. The fourth-order valence-electron chi connectivity index (χ4n) is 9.51. The Labute approximate surface area is 342 Å². The quantitative estimate of drug-likeness (QED) is 0.168. The molecule has 11 aromatic carbocycles. The van der Waals surface area contributed by atoms with Gasteiger partial charge in [0.2, 0.25) is 0 Å². The van der Waals surface area contributed by atoms with E-state index in [2.05, 4.69) is 188 Å². The Kier molecular flexibility index (Phi) is 6.89. The van der Waals surface area contributed by atoms with Crippen LogP contribution in [0.1, 0.15) is 0 Å². The van der Waals surface area contributed by atoms with Gasteiger partial charge in [0.1, 0.15) is 0 Å². The maximum absolute atomic E-state index is 5.36. The molecule has 4 heteroatoms. The zero-order chi connectivity index (χ0) is 38.6. The SMILES string of the molecule is c1ccc(-c2cccc(-c3nc(-c4ccc5sc6ccccc6c5c4)nc(-c4cc5ccc6cccc7c8cccc9ccc%10cccc(c(c4)c5c67)c%10c98)n3)c2)cc1. The van der Waals surface area contributed by atoms with Gasteiger partial charge in [-0.05, 0) is 118 Å². The van der Waals surface area contributed by atoms with E-state index >= 15 is 0 Å². The van der Waals surface area contributed by atoms with Crippen molar-refractivity contribution in [2.45, 2.75) is 0 Å². The van der Waals surface area contributed by atoms with Gasteiger partial charge in [-0.25, -0.2) is 15.0 Å². The summed E-state index contributed by atoms with van der Waals surface area (Å²) in [6, 6.07) is 68.1. The minimum Gasteiger partial charge on any atom is -0.208 e. The molecule has 0 aliphatic rings. The number of rotatable bonds is 4. The number of thiophene rings is 1. The largest absolute Gasteiger partial charge is 0.208 e. The van der Waals surface area contributed by atoms with E-state index in [9.17, 15) is 0 Å². The number of hydrogen-bond acceptors (Lipinski definition) is 4. The molecule has 3 nitrogen and oxygen atoms in total. The van der Waals surface area contributed by atoms with E-state index in [1.165, 1.54) is 79.4 Å². The van der Waals surface area contributed by atoms with Crippen LogP contribution in [0, 0.1) is 0 Å². The van der Waals surface area contributed by atoms with E-state index in [-0.39, 0.29) is 0 Å². The summed E-state index contributed by atoms with van der Waals surface area (Å²) in [5, 5.41) is 17.3. The molecule has 0 aliphatic carbocycles. The fraction of sp³-hybridized carbons (Fsp3) is 0. The lowest BCUT2D eigenvalue weighted by atomic mass is 9.87. The lowest BCUT2D eigenvalue weighted by Gasteiger charge is -2.17. The van der Waals surface area contributed by atoms with Crippen LogP contribution in [0.5, 0.6) is 0 Å². The number of nitrogens with zero attached hydrogens (tertiary/aromatic N) is 3. The maximum atomic E-state index is 5.36. The molecule has 0 atom stereocenters. The van der Waals surface area contributed by atoms with E-state index in [0.29, 0.717) is 17.5 Å². The van der Waals surface area contributed by atoms with E-state index in [1.54, 1.807) is 0 Å². The van der Waals surface area contributed by atoms with Gasteiger partial charge in [-0.1, -0.05) is 146 Å². The summed E-state index contributed by atoms with van der Waals surface area (Å²) in [7, 11) is 0. The highest BCUT2D eigenvalue weighted by atomic mass is 32.1. The molecule has 0 saturated heterocycles. The van der Waals surface area contributed by atoms with Crippen molar-refractivity contribution in [2.75, 3.05) is 0 Å². The highest BCUT2D eigenvalue weighted by Crippen LogP contribution is 2.45. The number of fused-ring (bicyclic) bond motifs is 5. The third kappa shape index (κ3) is 4.97. The first-order valence-electron chi connectivity index (χ1n) is 20.0. The molecule has 0 aliphatic heterocycles. The lowest BCUT2D eigenvalue weighted by molar-refractivity contribution is 1.08. The average molecular weight is 766 g/mol. The van der Waals surface area contributed by atoms with Crippen molar-refractivity contribution in [3.63, 3.8) is 0 Å². The van der Waals surface area contributed by atoms with Gasteiger partial charge < -0.3 is 0 Å². The van der Waals surface area contributed by atoms with Gasteiger partial charge >= 0.3 is 0 Å². The molecule has 0 fully saturated rings. The molecule has 0 radical (unpaired) electrons. The highest BCUT2D eigenvalue weighted by molar-refractivity contribution is 7.25. The summed E-state index contributed by atoms with van der Waals surface area (Å²) in [6.45, 7) is 0. The van der Waals surface area contributed by atoms with Crippen LogP contribution in [0.15, 0.2) is 188 Å². The molecule has 59 heavy (non-hydrogen) atoms. The molecule has 0 N–H and O–H groups in total. The van der Waals surface area contributed by atoms with Crippen LogP contribution in [0.25, 0.3) is 130 Å². The van der Waals surface area contributed by atoms with Crippen LogP contribution >= 0.6 is 11.3 Å². The lowest BCUT2D eigenvalue weighted by Crippen LogP contribution is -2.00. The topological polar surface area (TPSA) is 38.7 Å². The van der Waals surface area contributed by atoms with Crippen LogP contribution in [0.3, 0.4) is 0 Å². The second kappa shape index (κ2) is 12.5. The van der Waals surface area contributed by atoms with Gasteiger partial charge in [-0.15, -0.1) is 11.3 Å². The normalized spacial score (nSPS) is 12.1.